The second-order valence-corrected chi connectivity index (χ2v) is 7.49. The van der Waals surface area contributed by atoms with Gasteiger partial charge in [-0.15, -0.1) is 0 Å². The van der Waals surface area contributed by atoms with Crippen molar-refractivity contribution in [3.63, 3.8) is 0 Å². The molecule has 7 heteroatoms. The number of carbonyl (C=O) groups is 1. The van der Waals surface area contributed by atoms with E-state index in [0.29, 0.717) is 27.3 Å². The molecule has 3 aromatic rings. The molecule has 0 unspecified atom stereocenters. The lowest BCUT2D eigenvalue weighted by atomic mass is 10.1. The molecule has 1 fully saturated rings. The van der Waals surface area contributed by atoms with Gasteiger partial charge in [0.2, 0.25) is 0 Å². The molecule has 1 saturated heterocycles. The van der Waals surface area contributed by atoms with Crippen LogP contribution in [0.2, 0.25) is 0 Å². The second-order valence-electron chi connectivity index (χ2n) is 6.46. The molecule has 4 rings (SSSR count). The van der Waals surface area contributed by atoms with Gasteiger partial charge in [0.15, 0.2) is 11.0 Å². The molecule has 1 aliphatic heterocycles. The maximum atomic E-state index is 12.3. The van der Waals surface area contributed by atoms with E-state index < -0.39 is 0 Å². The minimum absolute atomic E-state index is 0.170. The Morgan fingerprint density at radius 3 is 2.54 bits per heavy atom. The summed E-state index contributed by atoms with van der Waals surface area (Å²) in [6.07, 6.45) is 1.85. The summed E-state index contributed by atoms with van der Waals surface area (Å²) in [4.78, 5) is 17.5. The monoisotopic (exact) mass is 389 g/mol. The van der Waals surface area contributed by atoms with Crippen LogP contribution in [0.25, 0.3) is 11.8 Å². The van der Waals surface area contributed by atoms with Crippen LogP contribution in [0.15, 0.2) is 64.5 Å². The molecular weight excluding hydrogens is 370 g/mol. The van der Waals surface area contributed by atoms with E-state index in [0.717, 1.165) is 11.3 Å². The Balaban J connectivity index is 1.63. The van der Waals surface area contributed by atoms with Crippen LogP contribution in [0.5, 0.6) is 0 Å². The predicted molar refractivity (Wildman–Crippen MR) is 115 cm³/mol. The number of rotatable bonds is 3. The third kappa shape index (κ3) is 3.57. The van der Waals surface area contributed by atoms with Crippen LogP contribution in [0.4, 0.5) is 11.5 Å². The minimum Gasteiger partial charge on any atom is -0.382 e. The van der Waals surface area contributed by atoms with Crippen molar-refractivity contribution in [3.8, 4) is 5.69 Å². The number of nitrogen functional groups attached to an aromatic ring is 1. The number of thioether (sulfide) groups is 1. The van der Waals surface area contributed by atoms with E-state index in [9.17, 15) is 4.79 Å². The molecule has 0 saturated carbocycles. The van der Waals surface area contributed by atoms with Crippen molar-refractivity contribution >= 4 is 40.4 Å². The standard InChI is InChI=1S/C21H19N5OS/c1-13-8-10-15(11-9-13)12-17-20(27)24-21(28-17)23-18-14(2)25-26(19(18)22)16-6-4-3-5-7-16/h3-12H,22H2,1-2H3,(H,23,24,27)/b17-12-. The molecular formula is C21H19N5OS. The Labute approximate surface area is 167 Å². The fourth-order valence-corrected chi connectivity index (χ4v) is 3.66. The first-order valence-corrected chi connectivity index (χ1v) is 9.59. The summed E-state index contributed by atoms with van der Waals surface area (Å²) in [6.45, 7) is 3.88. The fourth-order valence-electron chi connectivity index (χ4n) is 2.84. The SMILES string of the molecule is Cc1ccc(/C=C2\SC(=Nc3c(C)nn(-c4ccccc4)c3N)NC2=O)cc1. The lowest BCUT2D eigenvalue weighted by molar-refractivity contribution is -0.115. The zero-order valence-corrected chi connectivity index (χ0v) is 16.3. The van der Waals surface area contributed by atoms with Gasteiger partial charge in [-0.2, -0.15) is 5.10 Å². The van der Waals surface area contributed by atoms with Crippen molar-refractivity contribution in [2.24, 2.45) is 4.99 Å². The molecule has 140 valence electrons. The van der Waals surface area contributed by atoms with Gasteiger partial charge in [0.25, 0.3) is 5.91 Å². The molecule has 0 aliphatic carbocycles. The molecule has 0 bridgehead atoms. The molecule has 0 spiro atoms. The number of benzene rings is 2. The molecule has 1 aromatic heterocycles. The Hall–Kier alpha value is -3.32. The molecule has 2 aromatic carbocycles. The van der Waals surface area contributed by atoms with Crippen molar-refractivity contribution in [1.29, 1.82) is 0 Å². The fraction of sp³-hybridized carbons (Fsp3) is 0.0952. The predicted octanol–water partition coefficient (Wildman–Crippen LogP) is 3.96. The maximum absolute atomic E-state index is 12.3. The van der Waals surface area contributed by atoms with Gasteiger partial charge in [0.1, 0.15) is 5.69 Å². The largest absolute Gasteiger partial charge is 0.382 e. The van der Waals surface area contributed by atoms with Crippen molar-refractivity contribution < 1.29 is 4.79 Å². The van der Waals surface area contributed by atoms with E-state index in [1.165, 1.54) is 17.3 Å². The first-order chi connectivity index (χ1) is 13.5. The average molecular weight is 389 g/mol. The lowest BCUT2D eigenvalue weighted by Crippen LogP contribution is -2.19. The van der Waals surface area contributed by atoms with Gasteiger partial charge in [-0.25, -0.2) is 9.67 Å². The minimum atomic E-state index is -0.170. The van der Waals surface area contributed by atoms with Crippen LogP contribution in [-0.2, 0) is 4.79 Å². The topological polar surface area (TPSA) is 85.3 Å². The second kappa shape index (κ2) is 7.36. The number of hydrogen-bond donors (Lipinski definition) is 2. The van der Waals surface area contributed by atoms with E-state index in [1.807, 2.05) is 74.5 Å². The van der Waals surface area contributed by atoms with Gasteiger partial charge in [-0.1, -0.05) is 48.0 Å². The molecule has 28 heavy (non-hydrogen) atoms. The van der Waals surface area contributed by atoms with E-state index in [1.54, 1.807) is 4.68 Å². The average Bonchev–Trinajstić information content (AvgIpc) is 3.18. The normalized spacial score (nSPS) is 16.7. The van der Waals surface area contributed by atoms with Crippen LogP contribution >= 0.6 is 11.8 Å². The molecule has 3 N–H and O–H groups in total. The Bertz CT molecular complexity index is 1100. The lowest BCUT2D eigenvalue weighted by Gasteiger charge is -2.03. The number of nitrogens with zero attached hydrogens (tertiary/aromatic N) is 3. The van der Waals surface area contributed by atoms with Crippen LogP contribution in [0.3, 0.4) is 0 Å². The number of aliphatic imine (C=N–C) groups is 1. The summed E-state index contributed by atoms with van der Waals surface area (Å²) in [5.41, 5.74) is 10.5. The van der Waals surface area contributed by atoms with Gasteiger partial charge in [-0.05, 0) is 49.4 Å². The van der Waals surface area contributed by atoms with E-state index in [-0.39, 0.29) is 5.91 Å². The van der Waals surface area contributed by atoms with E-state index in [2.05, 4.69) is 15.4 Å². The Morgan fingerprint density at radius 2 is 1.82 bits per heavy atom. The van der Waals surface area contributed by atoms with E-state index >= 15 is 0 Å². The smallest absolute Gasteiger partial charge is 0.264 e. The van der Waals surface area contributed by atoms with Crippen LogP contribution in [-0.4, -0.2) is 20.9 Å². The van der Waals surface area contributed by atoms with Crippen molar-refractivity contribution in [3.05, 3.63) is 76.3 Å². The highest BCUT2D eigenvalue weighted by Gasteiger charge is 2.25. The number of carbonyl (C=O) groups excluding carboxylic acids is 1. The molecule has 6 nitrogen and oxygen atoms in total. The highest BCUT2D eigenvalue weighted by Crippen LogP contribution is 2.33. The van der Waals surface area contributed by atoms with Crippen molar-refractivity contribution in [2.75, 3.05) is 5.73 Å². The highest BCUT2D eigenvalue weighted by atomic mass is 32.2. The zero-order chi connectivity index (χ0) is 19.7. The number of anilines is 1. The number of amidine groups is 1. The van der Waals surface area contributed by atoms with Gasteiger partial charge in [0.05, 0.1) is 16.3 Å². The molecule has 1 amide bonds. The van der Waals surface area contributed by atoms with Gasteiger partial charge < -0.3 is 11.1 Å². The number of aryl methyl sites for hydroxylation is 2. The number of aromatic nitrogens is 2. The molecule has 2 heterocycles. The third-order valence-electron chi connectivity index (χ3n) is 4.30. The first kappa shape index (κ1) is 18.1. The van der Waals surface area contributed by atoms with Gasteiger partial charge in [-0.3, -0.25) is 4.79 Å². The van der Waals surface area contributed by atoms with Crippen LogP contribution < -0.4 is 11.1 Å². The van der Waals surface area contributed by atoms with Gasteiger partial charge >= 0.3 is 0 Å². The molecule has 1 aliphatic rings. The first-order valence-electron chi connectivity index (χ1n) is 8.78. The highest BCUT2D eigenvalue weighted by molar-refractivity contribution is 8.18. The summed E-state index contributed by atoms with van der Waals surface area (Å²) >= 11 is 1.29. The number of nitrogens with one attached hydrogen (secondary N) is 1. The Kier molecular flexibility index (Phi) is 4.75. The number of nitrogens with two attached hydrogens (primary N) is 1. The van der Waals surface area contributed by atoms with Crippen molar-refractivity contribution in [1.82, 2.24) is 15.1 Å². The maximum Gasteiger partial charge on any atom is 0.264 e. The quantitative estimate of drug-likeness (QED) is 0.664. The zero-order valence-electron chi connectivity index (χ0n) is 15.5. The molecule has 0 atom stereocenters. The van der Waals surface area contributed by atoms with Crippen LogP contribution in [0, 0.1) is 13.8 Å². The molecule has 0 radical (unpaired) electrons. The summed E-state index contributed by atoms with van der Waals surface area (Å²) < 4.78 is 1.65. The summed E-state index contributed by atoms with van der Waals surface area (Å²) in [5, 5.41) is 7.78. The summed E-state index contributed by atoms with van der Waals surface area (Å²) in [5.74, 6) is 0.262. The number of para-hydroxylation sites is 1. The summed E-state index contributed by atoms with van der Waals surface area (Å²) in [7, 11) is 0. The Morgan fingerprint density at radius 1 is 1.11 bits per heavy atom. The van der Waals surface area contributed by atoms with Crippen molar-refractivity contribution in [2.45, 2.75) is 13.8 Å². The number of amides is 1. The van der Waals surface area contributed by atoms with Gasteiger partial charge in [0, 0.05) is 0 Å². The van der Waals surface area contributed by atoms with E-state index in [4.69, 9.17) is 5.73 Å². The van der Waals surface area contributed by atoms with Crippen LogP contribution in [0.1, 0.15) is 16.8 Å². The summed E-state index contributed by atoms with van der Waals surface area (Å²) in [6, 6.07) is 17.6. The number of hydrogen-bond acceptors (Lipinski definition) is 5. The third-order valence-corrected chi connectivity index (χ3v) is 5.21.